The summed E-state index contributed by atoms with van der Waals surface area (Å²) in [5.74, 6) is 2.67. The number of rotatable bonds is 4. The molecule has 4 rings (SSSR count). The zero-order chi connectivity index (χ0) is 18.1. The molecule has 136 valence electrons. The Bertz CT molecular complexity index is 837. The van der Waals surface area contributed by atoms with Crippen LogP contribution in [0.25, 0.3) is 0 Å². The zero-order valence-electron chi connectivity index (χ0n) is 15.3. The molecule has 2 aliphatic rings. The van der Waals surface area contributed by atoms with Crippen LogP contribution in [0, 0.1) is 6.92 Å². The standard InChI is InChI=1S/C20H24N4O2/c1-3-8-24-11-15(10-19(24)25)23-20-16-9-14-6-4-5-7-18(14)26-12-17(16)21-13(2)22-20/h4-7,15H,3,8-12H2,1-2H3,(H,21,22,23). The number of benzene rings is 1. The van der Waals surface area contributed by atoms with Gasteiger partial charge in [0.15, 0.2) is 0 Å². The lowest BCUT2D eigenvalue weighted by atomic mass is 10.0. The summed E-state index contributed by atoms with van der Waals surface area (Å²) in [5.41, 5.74) is 3.13. The molecule has 0 aliphatic carbocycles. The fourth-order valence-corrected chi connectivity index (χ4v) is 3.75. The zero-order valence-corrected chi connectivity index (χ0v) is 15.3. The molecular weight excluding hydrogens is 328 g/mol. The summed E-state index contributed by atoms with van der Waals surface area (Å²) in [6.45, 7) is 5.98. The number of anilines is 1. The minimum Gasteiger partial charge on any atom is -0.487 e. The molecule has 0 bridgehead atoms. The number of carbonyl (C=O) groups excluding carboxylic acids is 1. The van der Waals surface area contributed by atoms with Gasteiger partial charge in [0.05, 0.1) is 11.7 Å². The number of aryl methyl sites for hydroxylation is 1. The molecule has 1 aromatic heterocycles. The van der Waals surface area contributed by atoms with Crippen molar-refractivity contribution in [1.29, 1.82) is 0 Å². The molecular formula is C20H24N4O2. The summed E-state index contributed by atoms with van der Waals surface area (Å²) >= 11 is 0. The second kappa shape index (κ2) is 6.94. The highest BCUT2D eigenvalue weighted by Gasteiger charge is 2.30. The molecule has 1 N–H and O–H groups in total. The topological polar surface area (TPSA) is 67.3 Å². The number of aromatic nitrogens is 2. The number of hydrogen-bond donors (Lipinski definition) is 1. The maximum Gasteiger partial charge on any atom is 0.224 e. The second-order valence-electron chi connectivity index (χ2n) is 7.00. The summed E-state index contributed by atoms with van der Waals surface area (Å²) in [5, 5.41) is 3.52. The van der Waals surface area contributed by atoms with E-state index in [1.54, 1.807) is 0 Å². The maximum atomic E-state index is 12.2. The van der Waals surface area contributed by atoms with E-state index in [1.165, 1.54) is 0 Å². The Morgan fingerprint density at radius 3 is 3.00 bits per heavy atom. The summed E-state index contributed by atoms with van der Waals surface area (Å²) in [6.07, 6.45) is 2.23. The van der Waals surface area contributed by atoms with Gasteiger partial charge in [-0.05, 0) is 25.0 Å². The van der Waals surface area contributed by atoms with E-state index in [0.717, 1.165) is 60.1 Å². The Labute approximate surface area is 153 Å². The summed E-state index contributed by atoms with van der Waals surface area (Å²) in [6, 6.07) is 8.17. The van der Waals surface area contributed by atoms with Gasteiger partial charge >= 0.3 is 0 Å². The molecule has 1 aromatic carbocycles. The third kappa shape index (κ3) is 3.23. The second-order valence-corrected chi connectivity index (χ2v) is 7.00. The van der Waals surface area contributed by atoms with Crippen molar-refractivity contribution in [2.24, 2.45) is 0 Å². The molecule has 1 atom stereocenters. The van der Waals surface area contributed by atoms with Gasteiger partial charge < -0.3 is 15.0 Å². The Kier molecular flexibility index (Phi) is 4.49. The number of carbonyl (C=O) groups is 1. The smallest absolute Gasteiger partial charge is 0.224 e. The minimum absolute atomic E-state index is 0.0897. The number of nitrogens with one attached hydrogen (secondary N) is 1. The van der Waals surface area contributed by atoms with E-state index < -0.39 is 0 Å². The van der Waals surface area contributed by atoms with Crippen molar-refractivity contribution in [2.75, 3.05) is 18.4 Å². The summed E-state index contributed by atoms with van der Waals surface area (Å²) < 4.78 is 5.94. The average molecular weight is 352 g/mol. The highest BCUT2D eigenvalue weighted by atomic mass is 16.5. The predicted octanol–water partition coefficient (Wildman–Crippen LogP) is 2.69. The third-order valence-electron chi connectivity index (χ3n) is 4.96. The first-order chi connectivity index (χ1) is 12.6. The fraction of sp³-hybridized carbons (Fsp3) is 0.450. The van der Waals surface area contributed by atoms with Crippen LogP contribution >= 0.6 is 0 Å². The van der Waals surface area contributed by atoms with Gasteiger partial charge in [-0.3, -0.25) is 4.79 Å². The van der Waals surface area contributed by atoms with Crippen molar-refractivity contribution in [3.8, 4) is 5.75 Å². The van der Waals surface area contributed by atoms with Crippen LogP contribution in [0.4, 0.5) is 5.82 Å². The molecule has 6 heteroatoms. The van der Waals surface area contributed by atoms with Crippen LogP contribution in [-0.4, -0.2) is 39.9 Å². The molecule has 1 saturated heterocycles. The summed E-state index contributed by atoms with van der Waals surface area (Å²) in [7, 11) is 0. The Balaban J connectivity index is 1.62. The van der Waals surface area contributed by atoms with Gasteiger partial charge in [-0.25, -0.2) is 9.97 Å². The number of hydrogen-bond acceptors (Lipinski definition) is 5. The Hall–Kier alpha value is -2.63. The van der Waals surface area contributed by atoms with Gasteiger partial charge in [0.2, 0.25) is 5.91 Å². The van der Waals surface area contributed by atoms with Gasteiger partial charge in [-0.15, -0.1) is 0 Å². The fourth-order valence-electron chi connectivity index (χ4n) is 3.75. The molecule has 26 heavy (non-hydrogen) atoms. The average Bonchev–Trinajstić information content (AvgIpc) is 2.85. The lowest BCUT2D eigenvalue weighted by Gasteiger charge is -2.19. The van der Waals surface area contributed by atoms with E-state index in [9.17, 15) is 4.79 Å². The molecule has 2 aromatic rings. The van der Waals surface area contributed by atoms with E-state index >= 15 is 0 Å². The van der Waals surface area contributed by atoms with Gasteiger partial charge in [0, 0.05) is 31.5 Å². The first-order valence-electron chi connectivity index (χ1n) is 9.25. The van der Waals surface area contributed by atoms with Crippen LogP contribution in [0.15, 0.2) is 24.3 Å². The van der Waals surface area contributed by atoms with Crippen molar-refractivity contribution in [2.45, 2.75) is 45.8 Å². The molecule has 1 unspecified atom stereocenters. The SMILES string of the molecule is CCCN1CC(Nc2nc(C)nc3c2Cc2ccccc2OC3)CC1=O. The predicted molar refractivity (Wildman–Crippen MR) is 99.2 cm³/mol. The molecule has 0 radical (unpaired) electrons. The van der Waals surface area contributed by atoms with Crippen LogP contribution in [0.5, 0.6) is 5.75 Å². The van der Waals surface area contributed by atoms with Crippen molar-refractivity contribution in [3.63, 3.8) is 0 Å². The Morgan fingerprint density at radius 2 is 2.15 bits per heavy atom. The number of ether oxygens (including phenoxy) is 1. The number of likely N-dealkylation sites (tertiary alicyclic amines) is 1. The van der Waals surface area contributed by atoms with Crippen LogP contribution in [0.1, 0.15) is 42.4 Å². The highest BCUT2D eigenvalue weighted by molar-refractivity contribution is 5.80. The van der Waals surface area contributed by atoms with Gasteiger partial charge in [0.1, 0.15) is 24.0 Å². The number of nitrogens with zero attached hydrogens (tertiary/aromatic N) is 3. The molecule has 0 saturated carbocycles. The highest BCUT2D eigenvalue weighted by Crippen LogP contribution is 2.31. The quantitative estimate of drug-likeness (QED) is 0.916. The van der Waals surface area contributed by atoms with Crippen molar-refractivity contribution >= 4 is 11.7 Å². The molecule has 3 heterocycles. The lowest BCUT2D eigenvalue weighted by Crippen LogP contribution is -2.29. The summed E-state index contributed by atoms with van der Waals surface area (Å²) in [4.78, 5) is 23.4. The maximum absolute atomic E-state index is 12.2. The Morgan fingerprint density at radius 1 is 1.31 bits per heavy atom. The van der Waals surface area contributed by atoms with E-state index in [4.69, 9.17) is 4.74 Å². The largest absolute Gasteiger partial charge is 0.487 e. The first-order valence-corrected chi connectivity index (χ1v) is 9.25. The van der Waals surface area contributed by atoms with E-state index in [1.807, 2.05) is 30.0 Å². The first kappa shape index (κ1) is 16.8. The molecule has 2 aliphatic heterocycles. The number of para-hydroxylation sites is 1. The van der Waals surface area contributed by atoms with E-state index in [-0.39, 0.29) is 11.9 Å². The molecule has 0 spiro atoms. The lowest BCUT2D eigenvalue weighted by molar-refractivity contribution is -0.127. The van der Waals surface area contributed by atoms with Crippen LogP contribution in [-0.2, 0) is 17.8 Å². The van der Waals surface area contributed by atoms with Crippen molar-refractivity contribution in [3.05, 3.63) is 46.9 Å². The minimum atomic E-state index is 0.0897. The van der Waals surface area contributed by atoms with E-state index in [0.29, 0.717) is 13.0 Å². The molecule has 6 nitrogen and oxygen atoms in total. The van der Waals surface area contributed by atoms with Crippen molar-refractivity contribution < 1.29 is 9.53 Å². The van der Waals surface area contributed by atoms with Crippen LogP contribution in [0.3, 0.4) is 0 Å². The van der Waals surface area contributed by atoms with Crippen molar-refractivity contribution in [1.82, 2.24) is 14.9 Å². The van der Waals surface area contributed by atoms with Gasteiger partial charge in [-0.1, -0.05) is 25.1 Å². The van der Waals surface area contributed by atoms with Crippen LogP contribution < -0.4 is 10.1 Å². The van der Waals surface area contributed by atoms with E-state index in [2.05, 4.69) is 28.3 Å². The number of fused-ring (bicyclic) bond motifs is 2. The van der Waals surface area contributed by atoms with Gasteiger partial charge in [0.25, 0.3) is 0 Å². The molecule has 1 amide bonds. The third-order valence-corrected chi connectivity index (χ3v) is 4.96. The molecule has 1 fully saturated rings. The van der Waals surface area contributed by atoms with Gasteiger partial charge in [-0.2, -0.15) is 0 Å². The normalized spacial score (nSPS) is 18.8. The van der Waals surface area contributed by atoms with Crippen LogP contribution in [0.2, 0.25) is 0 Å². The monoisotopic (exact) mass is 352 g/mol. The number of amides is 1.